The lowest BCUT2D eigenvalue weighted by molar-refractivity contribution is -0.384. The van der Waals surface area contributed by atoms with Gasteiger partial charge < -0.3 is 5.32 Å². The van der Waals surface area contributed by atoms with Crippen molar-refractivity contribution in [3.63, 3.8) is 0 Å². The monoisotopic (exact) mass is 412 g/mol. The van der Waals surface area contributed by atoms with E-state index in [0.29, 0.717) is 15.4 Å². The number of halogens is 4. The zero-order chi connectivity index (χ0) is 18.2. The Hall–Kier alpha value is -2.75. The second-order valence-electron chi connectivity index (χ2n) is 4.99. The molecule has 0 fully saturated rings. The standard InChI is InChI=1S/C15H8BrF3N4O2/c16-8-1-3-11-10(5-8)14(12(7-20-11)23(24)25)22-9-2-4-13(21-6-9)15(17,18)19/h1-7H,(H,20,22). The van der Waals surface area contributed by atoms with Crippen LogP contribution in [0.4, 0.5) is 30.2 Å². The second kappa shape index (κ2) is 6.28. The molecular weight excluding hydrogens is 405 g/mol. The fourth-order valence-electron chi connectivity index (χ4n) is 2.20. The van der Waals surface area contributed by atoms with Crippen molar-refractivity contribution in [2.45, 2.75) is 6.18 Å². The lowest BCUT2D eigenvalue weighted by atomic mass is 10.1. The summed E-state index contributed by atoms with van der Waals surface area (Å²) in [6.45, 7) is 0. The van der Waals surface area contributed by atoms with E-state index in [1.807, 2.05) is 0 Å². The summed E-state index contributed by atoms with van der Waals surface area (Å²) < 4.78 is 38.4. The molecule has 2 aromatic heterocycles. The van der Waals surface area contributed by atoms with Gasteiger partial charge in [0.25, 0.3) is 0 Å². The van der Waals surface area contributed by atoms with Gasteiger partial charge in [0.05, 0.1) is 22.3 Å². The van der Waals surface area contributed by atoms with Crippen molar-refractivity contribution in [1.29, 1.82) is 0 Å². The Morgan fingerprint density at radius 2 is 1.88 bits per heavy atom. The Balaban J connectivity index is 2.09. The average Bonchev–Trinajstić information content (AvgIpc) is 2.54. The van der Waals surface area contributed by atoms with Gasteiger partial charge >= 0.3 is 11.9 Å². The van der Waals surface area contributed by atoms with Crippen molar-refractivity contribution < 1.29 is 18.1 Å². The molecule has 128 valence electrons. The van der Waals surface area contributed by atoms with E-state index in [0.717, 1.165) is 24.5 Å². The first-order valence-electron chi connectivity index (χ1n) is 6.78. The van der Waals surface area contributed by atoms with E-state index in [2.05, 4.69) is 31.2 Å². The normalized spacial score (nSPS) is 11.5. The molecule has 10 heteroatoms. The molecule has 0 amide bonds. The molecule has 0 saturated heterocycles. The highest BCUT2D eigenvalue weighted by atomic mass is 79.9. The molecule has 0 aliphatic rings. The molecule has 0 spiro atoms. The van der Waals surface area contributed by atoms with E-state index in [4.69, 9.17) is 0 Å². The summed E-state index contributed by atoms with van der Waals surface area (Å²) in [6, 6.07) is 6.98. The van der Waals surface area contributed by atoms with Gasteiger partial charge in [-0.05, 0) is 30.3 Å². The summed E-state index contributed by atoms with van der Waals surface area (Å²) in [6.07, 6.45) is -2.49. The maximum Gasteiger partial charge on any atom is 0.433 e. The SMILES string of the molecule is O=[N+]([O-])c1cnc2ccc(Br)cc2c1Nc1ccc(C(F)(F)F)nc1. The van der Waals surface area contributed by atoms with Gasteiger partial charge in [-0.25, -0.2) is 9.97 Å². The van der Waals surface area contributed by atoms with E-state index in [1.54, 1.807) is 18.2 Å². The Labute approximate surface area is 147 Å². The number of benzene rings is 1. The maximum atomic E-state index is 12.6. The van der Waals surface area contributed by atoms with Crippen molar-refractivity contribution in [3.8, 4) is 0 Å². The zero-order valence-corrected chi connectivity index (χ0v) is 13.8. The number of aromatic nitrogens is 2. The Bertz CT molecular complexity index is 961. The number of pyridine rings is 2. The fourth-order valence-corrected chi connectivity index (χ4v) is 2.57. The summed E-state index contributed by atoms with van der Waals surface area (Å²) in [5.41, 5.74) is -0.544. The van der Waals surface area contributed by atoms with Crippen LogP contribution in [0.1, 0.15) is 5.69 Å². The van der Waals surface area contributed by atoms with Crippen LogP contribution in [0.15, 0.2) is 47.2 Å². The molecule has 0 bridgehead atoms. The Morgan fingerprint density at radius 1 is 1.12 bits per heavy atom. The van der Waals surface area contributed by atoms with E-state index in [1.165, 1.54) is 0 Å². The molecule has 0 aliphatic heterocycles. The molecule has 0 radical (unpaired) electrons. The summed E-state index contributed by atoms with van der Waals surface area (Å²) in [4.78, 5) is 18.0. The predicted octanol–water partition coefficient (Wildman–Crippen LogP) is 5.06. The molecule has 0 saturated carbocycles. The number of nitrogens with one attached hydrogen (secondary N) is 1. The minimum Gasteiger partial charge on any atom is -0.348 e. The van der Waals surface area contributed by atoms with Gasteiger partial charge in [-0.3, -0.25) is 10.1 Å². The molecule has 0 atom stereocenters. The number of fused-ring (bicyclic) bond motifs is 1. The maximum absolute atomic E-state index is 12.6. The van der Waals surface area contributed by atoms with E-state index in [-0.39, 0.29) is 17.1 Å². The number of alkyl halides is 3. The summed E-state index contributed by atoms with van der Waals surface area (Å²) in [5.74, 6) is 0. The number of nitro groups is 1. The van der Waals surface area contributed by atoms with Crippen LogP contribution in [-0.4, -0.2) is 14.9 Å². The molecule has 25 heavy (non-hydrogen) atoms. The van der Waals surface area contributed by atoms with Crippen molar-refractivity contribution in [2.24, 2.45) is 0 Å². The first kappa shape index (κ1) is 17.1. The quantitative estimate of drug-likeness (QED) is 0.480. The van der Waals surface area contributed by atoms with Gasteiger partial charge in [-0.2, -0.15) is 13.2 Å². The highest BCUT2D eigenvalue weighted by Crippen LogP contribution is 2.35. The minimum atomic E-state index is -4.56. The molecule has 6 nitrogen and oxygen atoms in total. The number of hydrogen-bond acceptors (Lipinski definition) is 5. The van der Waals surface area contributed by atoms with E-state index >= 15 is 0 Å². The number of hydrogen-bond donors (Lipinski definition) is 1. The largest absolute Gasteiger partial charge is 0.433 e. The van der Waals surface area contributed by atoms with Crippen LogP contribution in [0.2, 0.25) is 0 Å². The molecular formula is C15H8BrF3N4O2. The average molecular weight is 413 g/mol. The first-order chi connectivity index (χ1) is 11.8. The molecule has 3 rings (SSSR count). The molecule has 1 N–H and O–H groups in total. The smallest absolute Gasteiger partial charge is 0.348 e. The van der Waals surface area contributed by atoms with Crippen LogP contribution in [0.3, 0.4) is 0 Å². The third-order valence-corrected chi connectivity index (χ3v) is 3.82. The summed E-state index contributed by atoms with van der Waals surface area (Å²) in [7, 11) is 0. The van der Waals surface area contributed by atoms with E-state index < -0.39 is 16.8 Å². The fraction of sp³-hybridized carbons (Fsp3) is 0.0667. The zero-order valence-electron chi connectivity index (χ0n) is 12.2. The van der Waals surface area contributed by atoms with Gasteiger partial charge in [0.1, 0.15) is 17.6 Å². The first-order valence-corrected chi connectivity index (χ1v) is 7.58. The number of anilines is 2. The van der Waals surface area contributed by atoms with Crippen LogP contribution >= 0.6 is 15.9 Å². The van der Waals surface area contributed by atoms with Gasteiger partial charge in [0.2, 0.25) is 0 Å². The third-order valence-electron chi connectivity index (χ3n) is 3.33. The van der Waals surface area contributed by atoms with Crippen molar-refractivity contribution >= 4 is 43.9 Å². The van der Waals surface area contributed by atoms with E-state index in [9.17, 15) is 23.3 Å². The van der Waals surface area contributed by atoms with Crippen LogP contribution in [0.5, 0.6) is 0 Å². The van der Waals surface area contributed by atoms with Crippen LogP contribution < -0.4 is 5.32 Å². The van der Waals surface area contributed by atoms with Gasteiger partial charge in [-0.1, -0.05) is 15.9 Å². The van der Waals surface area contributed by atoms with Crippen LogP contribution in [0.25, 0.3) is 10.9 Å². The third kappa shape index (κ3) is 3.53. The van der Waals surface area contributed by atoms with Gasteiger partial charge in [-0.15, -0.1) is 0 Å². The highest BCUT2D eigenvalue weighted by molar-refractivity contribution is 9.10. The highest BCUT2D eigenvalue weighted by Gasteiger charge is 2.32. The van der Waals surface area contributed by atoms with Gasteiger partial charge in [0, 0.05) is 9.86 Å². The molecule has 0 aliphatic carbocycles. The molecule has 3 aromatic rings. The van der Waals surface area contributed by atoms with Crippen LogP contribution in [-0.2, 0) is 6.18 Å². The lowest BCUT2D eigenvalue weighted by Gasteiger charge is -2.11. The Kier molecular flexibility index (Phi) is 4.29. The Morgan fingerprint density at radius 3 is 2.48 bits per heavy atom. The predicted molar refractivity (Wildman–Crippen MR) is 88.6 cm³/mol. The topological polar surface area (TPSA) is 81.0 Å². The number of nitrogens with zero attached hydrogens (tertiary/aromatic N) is 3. The molecule has 2 heterocycles. The molecule has 1 aromatic carbocycles. The van der Waals surface area contributed by atoms with Gasteiger partial charge in [0.15, 0.2) is 0 Å². The van der Waals surface area contributed by atoms with Crippen LogP contribution in [0, 0.1) is 10.1 Å². The van der Waals surface area contributed by atoms with Crippen molar-refractivity contribution in [1.82, 2.24) is 9.97 Å². The minimum absolute atomic E-state index is 0.123. The van der Waals surface area contributed by atoms with Crippen molar-refractivity contribution in [3.05, 3.63) is 63.0 Å². The number of rotatable bonds is 3. The lowest BCUT2D eigenvalue weighted by Crippen LogP contribution is -2.07. The summed E-state index contributed by atoms with van der Waals surface area (Å²) in [5, 5.41) is 14.5. The summed E-state index contributed by atoms with van der Waals surface area (Å²) >= 11 is 3.28. The molecule has 0 unspecified atom stereocenters. The second-order valence-corrected chi connectivity index (χ2v) is 5.91. The van der Waals surface area contributed by atoms with Crippen molar-refractivity contribution in [2.75, 3.05) is 5.32 Å².